The fourth-order valence-corrected chi connectivity index (χ4v) is 2.20. The Morgan fingerprint density at radius 3 is 3.11 bits per heavy atom. The van der Waals surface area contributed by atoms with Crippen LogP contribution < -0.4 is 11.1 Å². The molecule has 2 heterocycles. The lowest BCUT2D eigenvalue weighted by atomic mass is 10.3. The molecule has 18 heavy (non-hydrogen) atoms. The van der Waals surface area contributed by atoms with Crippen LogP contribution in [0.15, 0.2) is 24.0 Å². The number of carbonyl (C=O) groups is 1. The molecule has 0 aliphatic rings. The summed E-state index contributed by atoms with van der Waals surface area (Å²) in [6, 6.07) is 1.64. The quantitative estimate of drug-likeness (QED) is 0.824. The number of nitrogens with one attached hydrogen (secondary N) is 1. The molecule has 2 aromatic heterocycles. The standard InChI is InChI=1S/C11H13N5OS/c12-3-1-11-15-8(6-18-11)5-10(17)16-9-2-4-13-7-14-9/h2,4,6-7H,1,3,5,12H2,(H,13,14,16,17). The van der Waals surface area contributed by atoms with E-state index in [4.69, 9.17) is 5.73 Å². The van der Waals surface area contributed by atoms with E-state index in [9.17, 15) is 4.79 Å². The molecule has 0 saturated carbocycles. The van der Waals surface area contributed by atoms with E-state index >= 15 is 0 Å². The minimum Gasteiger partial charge on any atom is -0.330 e. The van der Waals surface area contributed by atoms with Crippen LogP contribution in [-0.2, 0) is 17.6 Å². The average molecular weight is 263 g/mol. The molecule has 7 heteroatoms. The predicted molar refractivity (Wildman–Crippen MR) is 69.2 cm³/mol. The van der Waals surface area contributed by atoms with E-state index in [0.717, 1.165) is 17.1 Å². The van der Waals surface area contributed by atoms with Crippen LogP contribution in [0.5, 0.6) is 0 Å². The zero-order chi connectivity index (χ0) is 12.8. The van der Waals surface area contributed by atoms with Gasteiger partial charge in [-0.1, -0.05) is 0 Å². The summed E-state index contributed by atoms with van der Waals surface area (Å²) in [6.45, 7) is 0.570. The highest BCUT2D eigenvalue weighted by Gasteiger charge is 2.08. The van der Waals surface area contributed by atoms with Crippen molar-refractivity contribution in [3.8, 4) is 0 Å². The summed E-state index contributed by atoms with van der Waals surface area (Å²) >= 11 is 1.53. The van der Waals surface area contributed by atoms with Crippen LogP contribution in [0.1, 0.15) is 10.7 Å². The first kappa shape index (κ1) is 12.6. The summed E-state index contributed by atoms with van der Waals surface area (Å²) < 4.78 is 0. The van der Waals surface area contributed by atoms with Gasteiger partial charge in [0.05, 0.1) is 17.1 Å². The van der Waals surface area contributed by atoms with E-state index in [1.54, 1.807) is 12.3 Å². The second-order valence-electron chi connectivity index (χ2n) is 3.59. The van der Waals surface area contributed by atoms with E-state index in [1.165, 1.54) is 17.7 Å². The number of amides is 1. The summed E-state index contributed by atoms with van der Waals surface area (Å²) in [6.07, 6.45) is 3.95. The van der Waals surface area contributed by atoms with Crippen LogP contribution >= 0.6 is 11.3 Å². The Balaban J connectivity index is 1.90. The van der Waals surface area contributed by atoms with Gasteiger partial charge in [-0.3, -0.25) is 4.79 Å². The number of hydrogen-bond acceptors (Lipinski definition) is 6. The lowest BCUT2D eigenvalue weighted by Crippen LogP contribution is -2.15. The van der Waals surface area contributed by atoms with Gasteiger partial charge in [0.2, 0.25) is 5.91 Å². The van der Waals surface area contributed by atoms with Crippen molar-refractivity contribution in [1.82, 2.24) is 15.0 Å². The van der Waals surface area contributed by atoms with Crippen molar-refractivity contribution in [3.63, 3.8) is 0 Å². The molecule has 3 N–H and O–H groups in total. The highest BCUT2D eigenvalue weighted by Crippen LogP contribution is 2.11. The second-order valence-corrected chi connectivity index (χ2v) is 4.53. The highest BCUT2D eigenvalue weighted by molar-refractivity contribution is 7.09. The molecule has 0 aliphatic carbocycles. The molecule has 2 rings (SSSR count). The molecular weight excluding hydrogens is 250 g/mol. The number of thiazole rings is 1. The topological polar surface area (TPSA) is 93.8 Å². The van der Waals surface area contributed by atoms with Gasteiger partial charge in [-0.05, 0) is 12.6 Å². The van der Waals surface area contributed by atoms with Crippen LogP contribution in [0.25, 0.3) is 0 Å². The second kappa shape index (κ2) is 6.18. The molecule has 0 aromatic carbocycles. The minimum absolute atomic E-state index is 0.140. The largest absolute Gasteiger partial charge is 0.330 e. The van der Waals surface area contributed by atoms with Gasteiger partial charge in [-0.15, -0.1) is 11.3 Å². The summed E-state index contributed by atoms with van der Waals surface area (Å²) in [7, 11) is 0. The third-order valence-electron chi connectivity index (χ3n) is 2.15. The van der Waals surface area contributed by atoms with E-state index in [2.05, 4.69) is 20.3 Å². The Kier molecular flexibility index (Phi) is 4.32. The van der Waals surface area contributed by atoms with Crippen LogP contribution in [0.3, 0.4) is 0 Å². The molecule has 0 spiro atoms. The summed E-state index contributed by atoms with van der Waals surface area (Å²) in [5, 5.41) is 5.52. The molecule has 0 bridgehead atoms. The number of rotatable bonds is 5. The normalized spacial score (nSPS) is 10.3. The average Bonchev–Trinajstić information content (AvgIpc) is 2.78. The molecule has 6 nitrogen and oxygen atoms in total. The van der Waals surface area contributed by atoms with Crippen molar-refractivity contribution < 1.29 is 4.79 Å². The lowest BCUT2D eigenvalue weighted by Gasteiger charge is -2.01. The van der Waals surface area contributed by atoms with Crippen molar-refractivity contribution in [2.24, 2.45) is 5.73 Å². The maximum absolute atomic E-state index is 11.7. The maximum Gasteiger partial charge on any atom is 0.231 e. The number of nitrogens with zero attached hydrogens (tertiary/aromatic N) is 3. The van der Waals surface area contributed by atoms with Gasteiger partial charge < -0.3 is 11.1 Å². The van der Waals surface area contributed by atoms with Gasteiger partial charge in [-0.25, -0.2) is 15.0 Å². The third-order valence-corrected chi connectivity index (χ3v) is 3.11. The fourth-order valence-electron chi connectivity index (χ4n) is 1.38. The van der Waals surface area contributed by atoms with Crippen molar-refractivity contribution in [3.05, 3.63) is 34.7 Å². The van der Waals surface area contributed by atoms with Gasteiger partial charge in [0.1, 0.15) is 12.1 Å². The Hall–Kier alpha value is -1.86. The molecule has 0 aliphatic heterocycles. The molecule has 0 unspecified atom stereocenters. The first-order valence-corrected chi connectivity index (χ1v) is 6.35. The Morgan fingerprint density at radius 1 is 1.50 bits per heavy atom. The van der Waals surface area contributed by atoms with E-state index < -0.39 is 0 Å². The Labute approximate surface area is 108 Å². The monoisotopic (exact) mass is 263 g/mol. The molecule has 1 amide bonds. The fraction of sp³-hybridized carbons (Fsp3) is 0.273. The highest BCUT2D eigenvalue weighted by atomic mass is 32.1. The lowest BCUT2D eigenvalue weighted by molar-refractivity contribution is -0.115. The van der Waals surface area contributed by atoms with Gasteiger partial charge in [0.15, 0.2) is 0 Å². The van der Waals surface area contributed by atoms with E-state index in [-0.39, 0.29) is 12.3 Å². The first-order chi connectivity index (χ1) is 8.78. The van der Waals surface area contributed by atoms with Crippen LogP contribution in [-0.4, -0.2) is 27.4 Å². The van der Waals surface area contributed by atoms with Gasteiger partial charge in [0, 0.05) is 18.0 Å². The number of hydrogen-bond donors (Lipinski definition) is 2. The van der Waals surface area contributed by atoms with Crippen LogP contribution in [0.4, 0.5) is 5.82 Å². The number of anilines is 1. The van der Waals surface area contributed by atoms with Crippen molar-refractivity contribution in [2.45, 2.75) is 12.8 Å². The van der Waals surface area contributed by atoms with Crippen molar-refractivity contribution >= 4 is 23.1 Å². The van der Waals surface area contributed by atoms with Crippen molar-refractivity contribution in [2.75, 3.05) is 11.9 Å². The SMILES string of the molecule is NCCc1nc(CC(=O)Nc2ccncn2)cs1. The first-order valence-electron chi connectivity index (χ1n) is 5.47. The van der Waals surface area contributed by atoms with Crippen LogP contribution in [0.2, 0.25) is 0 Å². The van der Waals surface area contributed by atoms with Gasteiger partial charge in [-0.2, -0.15) is 0 Å². The van der Waals surface area contributed by atoms with E-state index in [0.29, 0.717) is 12.4 Å². The van der Waals surface area contributed by atoms with Crippen LogP contribution in [0, 0.1) is 0 Å². The third kappa shape index (κ3) is 3.57. The number of carbonyl (C=O) groups excluding carboxylic acids is 1. The summed E-state index contributed by atoms with van der Waals surface area (Å²) in [5.41, 5.74) is 6.21. The van der Waals surface area contributed by atoms with E-state index in [1.807, 2.05) is 5.38 Å². The minimum atomic E-state index is -0.140. The Morgan fingerprint density at radius 2 is 2.39 bits per heavy atom. The molecule has 2 aromatic rings. The molecule has 0 atom stereocenters. The smallest absolute Gasteiger partial charge is 0.231 e. The molecule has 0 saturated heterocycles. The van der Waals surface area contributed by atoms with Crippen molar-refractivity contribution in [1.29, 1.82) is 0 Å². The van der Waals surface area contributed by atoms with Gasteiger partial charge in [0.25, 0.3) is 0 Å². The zero-order valence-corrected chi connectivity index (χ0v) is 10.5. The summed E-state index contributed by atoms with van der Waals surface area (Å²) in [5.74, 6) is 0.353. The predicted octanol–water partition coefficient (Wildman–Crippen LogP) is 0.615. The maximum atomic E-state index is 11.7. The molecule has 0 radical (unpaired) electrons. The molecule has 0 fully saturated rings. The summed E-state index contributed by atoms with van der Waals surface area (Å²) in [4.78, 5) is 23.7. The van der Waals surface area contributed by atoms with Gasteiger partial charge >= 0.3 is 0 Å². The number of nitrogens with two attached hydrogens (primary N) is 1. The zero-order valence-electron chi connectivity index (χ0n) is 9.67. The number of aromatic nitrogens is 3. The molecular formula is C11H13N5OS. The molecule has 94 valence electrons. The Bertz CT molecular complexity index is 513.